The Balaban J connectivity index is 2.30. The molecule has 24 heavy (non-hydrogen) atoms. The maximum absolute atomic E-state index is 12.3. The summed E-state index contributed by atoms with van der Waals surface area (Å²) in [6.07, 6.45) is 1.07. The summed E-state index contributed by atoms with van der Waals surface area (Å²) in [5.74, 6) is -0.540. The van der Waals surface area contributed by atoms with Crippen LogP contribution in [-0.2, 0) is 4.79 Å². The Labute approximate surface area is 146 Å². The molecule has 0 spiro atoms. The van der Waals surface area contributed by atoms with E-state index < -0.39 is 17.9 Å². The van der Waals surface area contributed by atoms with Crippen LogP contribution in [0, 0.1) is 0 Å². The predicted molar refractivity (Wildman–Crippen MR) is 88.4 cm³/mol. The van der Waals surface area contributed by atoms with Crippen LogP contribution >= 0.6 is 15.9 Å². The van der Waals surface area contributed by atoms with Crippen molar-refractivity contribution >= 4 is 27.8 Å². The first kappa shape index (κ1) is 17.9. The number of hydrogen-bond donors (Lipinski definition) is 2. The minimum absolute atomic E-state index is 0.0749. The van der Waals surface area contributed by atoms with Crippen molar-refractivity contribution in [1.82, 2.24) is 5.32 Å². The van der Waals surface area contributed by atoms with Gasteiger partial charge in [-0.2, -0.15) is 0 Å². The molecule has 1 aromatic heterocycles. The molecule has 0 saturated heterocycles. The molecule has 0 aliphatic rings. The smallest absolute Gasteiger partial charge is 0.305 e. The monoisotopic (exact) mass is 397 g/mol. The molecule has 1 atom stereocenters. The van der Waals surface area contributed by atoms with Crippen molar-refractivity contribution in [3.8, 4) is 11.5 Å². The van der Waals surface area contributed by atoms with Gasteiger partial charge in [-0.05, 0) is 39.7 Å². The van der Waals surface area contributed by atoms with Gasteiger partial charge in [0.15, 0.2) is 11.5 Å². The molecule has 7 nitrogen and oxygen atoms in total. The van der Waals surface area contributed by atoms with Crippen molar-refractivity contribution in [1.29, 1.82) is 0 Å². The third kappa shape index (κ3) is 4.08. The number of ether oxygens (including phenoxy) is 2. The Morgan fingerprint density at radius 2 is 1.96 bits per heavy atom. The van der Waals surface area contributed by atoms with Crippen LogP contribution in [-0.4, -0.2) is 31.2 Å². The lowest BCUT2D eigenvalue weighted by Crippen LogP contribution is -2.30. The van der Waals surface area contributed by atoms with E-state index in [1.54, 1.807) is 24.3 Å². The van der Waals surface area contributed by atoms with Crippen molar-refractivity contribution in [2.75, 3.05) is 14.2 Å². The number of amides is 1. The highest BCUT2D eigenvalue weighted by Crippen LogP contribution is 2.31. The summed E-state index contributed by atoms with van der Waals surface area (Å²) >= 11 is 3.20. The highest BCUT2D eigenvalue weighted by atomic mass is 79.9. The lowest BCUT2D eigenvalue weighted by Gasteiger charge is -2.18. The lowest BCUT2D eigenvalue weighted by molar-refractivity contribution is -0.137. The first-order valence-electron chi connectivity index (χ1n) is 6.93. The molecule has 0 bridgehead atoms. The van der Waals surface area contributed by atoms with Crippen LogP contribution in [0.5, 0.6) is 11.5 Å². The molecule has 1 aromatic carbocycles. The second-order valence-corrected chi connectivity index (χ2v) is 5.69. The highest BCUT2D eigenvalue weighted by Gasteiger charge is 2.23. The normalized spacial score (nSPS) is 11.6. The van der Waals surface area contributed by atoms with Crippen molar-refractivity contribution in [3.05, 3.63) is 46.3 Å². The third-order valence-corrected chi connectivity index (χ3v) is 3.94. The Morgan fingerprint density at radius 1 is 1.25 bits per heavy atom. The van der Waals surface area contributed by atoms with E-state index in [1.807, 2.05) is 0 Å². The second-order valence-electron chi connectivity index (χ2n) is 4.84. The minimum Gasteiger partial charge on any atom is -0.493 e. The van der Waals surface area contributed by atoms with Crippen LogP contribution in [0.3, 0.4) is 0 Å². The summed E-state index contributed by atoms with van der Waals surface area (Å²) in [4.78, 5) is 23.4. The number of hydrogen-bond acceptors (Lipinski definition) is 5. The van der Waals surface area contributed by atoms with Crippen LogP contribution < -0.4 is 14.8 Å². The van der Waals surface area contributed by atoms with Gasteiger partial charge in [-0.15, -0.1) is 0 Å². The molecule has 0 aliphatic carbocycles. The SMILES string of the molecule is COc1ccc(C(CC(=O)O)NC(=O)c2occc2Br)cc1OC. The molecule has 1 heterocycles. The number of carboxylic acid groups (broad SMARTS) is 1. The van der Waals surface area contributed by atoms with E-state index >= 15 is 0 Å². The second kappa shape index (κ2) is 7.87. The number of carboxylic acids is 1. The van der Waals surface area contributed by atoms with Crippen molar-refractivity contribution in [2.45, 2.75) is 12.5 Å². The number of furan rings is 1. The molecular formula is C16H16BrNO6. The largest absolute Gasteiger partial charge is 0.493 e. The number of carbonyl (C=O) groups excluding carboxylic acids is 1. The quantitative estimate of drug-likeness (QED) is 0.744. The molecule has 0 radical (unpaired) electrons. The topological polar surface area (TPSA) is 98.0 Å². The van der Waals surface area contributed by atoms with Gasteiger partial charge >= 0.3 is 5.97 Å². The Hall–Kier alpha value is -2.48. The van der Waals surface area contributed by atoms with E-state index in [1.165, 1.54) is 20.5 Å². The Kier molecular flexibility index (Phi) is 5.86. The van der Waals surface area contributed by atoms with Crippen molar-refractivity contribution < 1.29 is 28.6 Å². The number of carbonyl (C=O) groups is 2. The Morgan fingerprint density at radius 3 is 2.50 bits per heavy atom. The van der Waals surface area contributed by atoms with Crippen molar-refractivity contribution in [3.63, 3.8) is 0 Å². The third-order valence-electron chi connectivity index (χ3n) is 3.32. The van der Waals surface area contributed by atoms with Gasteiger partial charge in [0.1, 0.15) is 0 Å². The maximum Gasteiger partial charge on any atom is 0.305 e. The summed E-state index contributed by atoms with van der Waals surface area (Å²) in [6, 6.07) is 5.78. The molecular weight excluding hydrogens is 382 g/mol. The van der Waals surface area contributed by atoms with Gasteiger partial charge < -0.3 is 24.3 Å². The molecule has 1 amide bonds. The van der Waals surface area contributed by atoms with E-state index in [9.17, 15) is 9.59 Å². The number of nitrogens with one attached hydrogen (secondary N) is 1. The molecule has 2 N–H and O–H groups in total. The molecule has 128 valence electrons. The summed E-state index contributed by atoms with van der Waals surface area (Å²) in [7, 11) is 2.98. The van der Waals surface area contributed by atoms with Crippen LogP contribution in [0.2, 0.25) is 0 Å². The van der Waals surface area contributed by atoms with E-state index in [0.717, 1.165) is 0 Å². The molecule has 0 fully saturated rings. The van der Waals surface area contributed by atoms with Gasteiger partial charge in [-0.3, -0.25) is 9.59 Å². The first-order valence-corrected chi connectivity index (χ1v) is 7.73. The lowest BCUT2D eigenvalue weighted by atomic mass is 10.0. The fraction of sp³-hybridized carbons (Fsp3) is 0.250. The van der Waals surface area contributed by atoms with Gasteiger partial charge in [-0.25, -0.2) is 0 Å². The number of methoxy groups -OCH3 is 2. The average Bonchev–Trinajstić information content (AvgIpc) is 2.99. The first-order chi connectivity index (χ1) is 11.5. The Bertz CT molecular complexity index is 742. The zero-order valence-electron chi connectivity index (χ0n) is 13.0. The number of halogens is 1. The number of benzene rings is 1. The van der Waals surface area contributed by atoms with E-state index in [-0.39, 0.29) is 12.2 Å². The molecule has 0 saturated carbocycles. The van der Waals surface area contributed by atoms with E-state index in [0.29, 0.717) is 21.5 Å². The van der Waals surface area contributed by atoms with E-state index in [4.69, 9.17) is 19.0 Å². The molecule has 0 aliphatic heterocycles. The summed E-state index contributed by atoms with van der Waals surface area (Å²) in [5, 5.41) is 11.8. The van der Waals surface area contributed by atoms with Gasteiger partial charge in [0.2, 0.25) is 5.76 Å². The van der Waals surface area contributed by atoms with E-state index in [2.05, 4.69) is 21.2 Å². The average molecular weight is 398 g/mol. The molecule has 8 heteroatoms. The molecule has 2 aromatic rings. The van der Waals surface area contributed by atoms with Crippen LogP contribution in [0.1, 0.15) is 28.6 Å². The zero-order valence-corrected chi connectivity index (χ0v) is 14.6. The predicted octanol–water partition coefficient (Wildman–Crippen LogP) is 3.01. The summed E-state index contributed by atoms with van der Waals surface area (Å²) in [6.45, 7) is 0. The van der Waals surface area contributed by atoms with Crippen molar-refractivity contribution in [2.24, 2.45) is 0 Å². The van der Waals surface area contributed by atoms with Gasteiger partial charge in [0, 0.05) is 0 Å². The standard InChI is InChI=1S/C16H16BrNO6/c1-22-12-4-3-9(7-13(12)23-2)11(8-14(19)20)18-16(21)15-10(17)5-6-24-15/h3-7,11H,8H2,1-2H3,(H,18,21)(H,19,20). The van der Waals surface area contributed by atoms with Gasteiger partial charge in [-0.1, -0.05) is 6.07 Å². The minimum atomic E-state index is -1.05. The zero-order chi connectivity index (χ0) is 17.7. The fourth-order valence-electron chi connectivity index (χ4n) is 2.18. The summed E-state index contributed by atoms with van der Waals surface area (Å²) < 4.78 is 16.0. The van der Waals surface area contributed by atoms with Gasteiger partial charge in [0.25, 0.3) is 5.91 Å². The summed E-state index contributed by atoms with van der Waals surface area (Å²) in [5.41, 5.74) is 0.575. The molecule has 2 rings (SSSR count). The maximum atomic E-state index is 12.3. The van der Waals surface area contributed by atoms with Crippen LogP contribution in [0.15, 0.2) is 39.4 Å². The highest BCUT2D eigenvalue weighted by molar-refractivity contribution is 9.10. The number of rotatable bonds is 7. The van der Waals surface area contributed by atoms with Crippen LogP contribution in [0.25, 0.3) is 0 Å². The van der Waals surface area contributed by atoms with Gasteiger partial charge in [0.05, 0.1) is 37.4 Å². The number of aliphatic carboxylic acids is 1. The fourth-order valence-corrected chi connectivity index (χ4v) is 2.56. The molecule has 1 unspecified atom stereocenters. The van der Waals surface area contributed by atoms with Crippen LogP contribution in [0.4, 0.5) is 0 Å².